The molecule has 348 valence electrons. The second-order valence-electron chi connectivity index (χ2n) is 16.0. The Hall–Kier alpha value is -7.48. The van der Waals surface area contributed by atoms with Crippen LogP contribution in [0.2, 0.25) is 0 Å². The Morgan fingerprint density at radius 2 is 1.55 bits per heavy atom. The molecule has 20 nitrogen and oxygen atoms in total. The van der Waals surface area contributed by atoms with E-state index >= 15 is 0 Å². The molecule has 0 spiro atoms. The molecule has 0 fully saturated rings. The zero-order valence-corrected chi connectivity index (χ0v) is 36.9. The van der Waals surface area contributed by atoms with Crippen LogP contribution in [0.15, 0.2) is 59.4 Å². The molecule has 2 aliphatic heterocycles. The highest BCUT2D eigenvalue weighted by Crippen LogP contribution is 2.40. The van der Waals surface area contributed by atoms with Crippen molar-refractivity contribution in [3.8, 4) is 17.1 Å². The molecule has 0 saturated carbocycles. The molecule has 20 heteroatoms. The summed E-state index contributed by atoms with van der Waals surface area (Å²) in [6, 6.07) is 14.0. The summed E-state index contributed by atoms with van der Waals surface area (Å²) in [5, 5.41) is 23.9. The summed E-state index contributed by atoms with van der Waals surface area (Å²) in [7, 11) is 0. The molecular formula is C46H51N7O13. The maximum atomic E-state index is 13.7. The quantitative estimate of drug-likeness (QED) is 0.0388. The number of hydrogen-bond acceptors (Lipinski definition) is 14. The molecular weight excluding hydrogens is 859 g/mol. The van der Waals surface area contributed by atoms with Gasteiger partial charge in [0.2, 0.25) is 29.5 Å². The number of Topliss-reactive ketones (excluding diaryl/α,β-unsaturated/α-hetero) is 1. The SMILES string of the molecule is CCc1c2c(nc3ccc(OC(=O)OCNC(=O)CNC(=O)[C@H](Cc4ccccc4)NC(=O)CNC(=O)CNC(=O)CCC(=O)C(C)C)cc13)-c1cc3c(c(=O)n1C2)COC(=O)[C@]3(O)CC. The van der Waals surface area contributed by atoms with Crippen LogP contribution in [-0.4, -0.2) is 94.5 Å². The average Bonchev–Trinajstić information content (AvgIpc) is 3.67. The van der Waals surface area contributed by atoms with Crippen molar-refractivity contribution in [1.82, 2.24) is 36.1 Å². The summed E-state index contributed by atoms with van der Waals surface area (Å²) in [6.45, 7) is 4.83. The van der Waals surface area contributed by atoms with Crippen LogP contribution in [0, 0.1) is 5.92 Å². The molecule has 0 bridgehead atoms. The van der Waals surface area contributed by atoms with Gasteiger partial charge in [0, 0.05) is 41.7 Å². The number of aliphatic hydroxyl groups is 1. The number of cyclic esters (lactones) is 1. The minimum Gasteiger partial charge on any atom is -0.458 e. The third kappa shape index (κ3) is 11.1. The van der Waals surface area contributed by atoms with Crippen molar-refractivity contribution in [3.63, 3.8) is 0 Å². The molecule has 5 amide bonds. The van der Waals surface area contributed by atoms with E-state index in [0.29, 0.717) is 34.3 Å². The minimum absolute atomic E-state index is 0.0125. The molecule has 6 N–H and O–H groups in total. The fourth-order valence-corrected chi connectivity index (χ4v) is 7.60. The number of aromatic nitrogens is 2. The maximum Gasteiger partial charge on any atom is 0.515 e. The Bertz CT molecular complexity index is 2650. The summed E-state index contributed by atoms with van der Waals surface area (Å²) in [6.07, 6.45) is -0.603. The lowest BCUT2D eigenvalue weighted by molar-refractivity contribution is -0.172. The highest BCUT2D eigenvalue weighted by molar-refractivity contribution is 5.94. The van der Waals surface area contributed by atoms with E-state index in [1.165, 1.54) is 6.07 Å². The van der Waals surface area contributed by atoms with Crippen LogP contribution in [-0.2, 0) is 74.6 Å². The molecule has 0 saturated heterocycles. The normalized spacial score (nSPS) is 15.0. The van der Waals surface area contributed by atoms with Crippen molar-refractivity contribution in [1.29, 1.82) is 0 Å². The maximum absolute atomic E-state index is 13.7. The van der Waals surface area contributed by atoms with Gasteiger partial charge in [-0.05, 0) is 48.2 Å². The Morgan fingerprint density at radius 3 is 2.26 bits per heavy atom. The van der Waals surface area contributed by atoms with Gasteiger partial charge in [-0.25, -0.2) is 14.6 Å². The molecule has 2 aliphatic rings. The second-order valence-corrected chi connectivity index (χ2v) is 16.0. The van der Waals surface area contributed by atoms with Crippen LogP contribution in [0.25, 0.3) is 22.3 Å². The van der Waals surface area contributed by atoms with Gasteiger partial charge in [-0.2, -0.15) is 0 Å². The van der Waals surface area contributed by atoms with Crippen molar-refractivity contribution in [2.75, 3.05) is 26.4 Å². The molecule has 0 unspecified atom stereocenters. The number of carbonyl (C=O) groups is 8. The van der Waals surface area contributed by atoms with Gasteiger partial charge in [0.05, 0.1) is 48.6 Å². The van der Waals surface area contributed by atoms with Crippen LogP contribution in [0.3, 0.4) is 0 Å². The predicted octanol–water partition coefficient (Wildman–Crippen LogP) is 1.31. The number of amides is 5. The lowest BCUT2D eigenvalue weighted by atomic mass is 9.86. The summed E-state index contributed by atoms with van der Waals surface area (Å²) in [5.41, 5.74) is 1.88. The number of nitrogens with one attached hydrogen (secondary N) is 5. The topological polar surface area (TPSA) is 280 Å². The molecule has 2 aromatic heterocycles. The monoisotopic (exact) mass is 909 g/mol. The third-order valence-corrected chi connectivity index (χ3v) is 11.3. The Labute approximate surface area is 378 Å². The van der Waals surface area contributed by atoms with Crippen molar-refractivity contribution in [2.45, 2.75) is 84.6 Å². The smallest absolute Gasteiger partial charge is 0.458 e. The first-order valence-corrected chi connectivity index (χ1v) is 21.4. The standard InChI is InChI=1S/C46H51N7O13/c1-5-28-29-17-27(12-13-33(29)52-41-30(28)22-53-35(41)18-32-31(43(53)60)23-64-44(61)46(32,63)6-2)66-45(62)65-24-50-39(57)20-49-42(59)34(16-26-10-8-7-9-11-26)51-40(58)21-48-38(56)19-47-37(55)15-14-36(54)25(3)4/h7-13,17-18,25,34,63H,5-6,14-16,19-24H2,1-4H3,(H,47,55)(H,48,56)(H,49,59)(H,50,57)(H,51,58)/t34-,46-/m0/s1. The first kappa shape index (κ1) is 48.0. The van der Waals surface area contributed by atoms with E-state index in [9.17, 15) is 48.3 Å². The number of benzene rings is 2. The minimum atomic E-state index is -1.96. The largest absolute Gasteiger partial charge is 0.515 e. The second kappa shape index (κ2) is 21.0. The van der Waals surface area contributed by atoms with E-state index in [-0.39, 0.29) is 67.4 Å². The summed E-state index contributed by atoms with van der Waals surface area (Å²) in [4.78, 5) is 118. The van der Waals surface area contributed by atoms with Crippen LogP contribution in [0.1, 0.15) is 74.8 Å². The lowest BCUT2D eigenvalue weighted by Gasteiger charge is -2.31. The summed E-state index contributed by atoms with van der Waals surface area (Å²) >= 11 is 0. The van der Waals surface area contributed by atoms with Gasteiger partial charge >= 0.3 is 12.1 Å². The van der Waals surface area contributed by atoms with E-state index in [4.69, 9.17) is 19.2 Å². The molecule has 2 aromatic carbocycles. The number of fused-ring (bicyclic) bond motifs is 5. The Morgan fingerprint density at radius 1 is 0.848 bits per heavy atom. The summed E-state index contributed by atoms with van der Waals surface area (Å²) < 4.78 is 17.1. The molecule has 0 radical (unpaired) electrons. The highest BCUT2D eigenvalue weighted by atomic mass is 16.7. The fourth-order valence-electron chi connectivity index (χ4n) is 7.60. The van der Waals surface area contributed by atoms with Gasteiger partial charge in [-0.1, -0.05) is 58.0 Å². The van der Waals surface area contributed by atoms with E-state index in [2.05, 4.69) is 26.6 Å². The molecule has 0 aliphatic carbocycles. The van der Waals surface area contributed by atoms with Gasteiger partial charge < -0.3 is 50.5 Å². The van der Waals surface area contributed by atoms with Crippen LogP contribution in [0.4, 0.5) is 4.79 Å². The predicted molar refractivity (Wildman–Crippen MR) is 234 cm³/mol. The number of pyridine rings is 2. The number of rotatable bonds is 19. The van der Waals surface area contributed by atoms with E-state index < -0.39 is 85.2 Å². The Kier molecular flexibility index (Phi) is 15.3. The number of esters is 1. The number of nitrogens with zero attached hydrogens (tertiary/aromatic N) is 2. The summed E-state index contributed by atoms with van der Waals surface area (Å²) in [5.74, 6) is -4.33. The van der Waals surface area contributed by atoms with E-state index in [1.807, 2.05) is 6.92 Å². The fraction of sp³-hybridized carbons (Fsp3) is 0.391. The number of ketones is 1. The number of carbonyl (C=O) groups excluding carboxylic acids is 8. The molecule has 4 heterocycles. The van der Waals surface area contributed by atoms with Crippen molar-refractivity contribution in [3.05, 3.63) is 92.8 Å². The van der Waals surface area contributed by atoms with Crippen molar-refractivity contribution >= 4 is 58.3 Å². The van der Waals surface area contributed by atoms with Gasteiger partial charge in [-0.3, -0.25) is 33.6 Å². The Balaban J connectivity index is 0.993. The lowest BCUT2D eigenvalue weighted by Crippen LogP contribution is -2.52. The van der Waals surface area contributed by atoms with E-state index in [1.54, 1.807) is 73.9 Å². The third-order valence-electron chi connectivity index (χ3n) is 11.3. The van der Waals surface area contributed by atoms with Crippen LogP contribution < -0.4 is 36.9 Å². The molecule has 4 aromatic rings. The molecule has 66 heavy (non-hydrogen) atoms. The first-order valence-electron chi connectivity index (χ1n) is 21.4. The molecule has 2 atom stereocenters. The highest BCUT2D eigenvalue weighted by Gasteiger charge is 2.45. The number of aryl methyl sites for hydroxylation is 1. The van der Waals surface area contributed by atoms with Crippen molar-refractivity contribution < 1.29 is 57.7 Å². The number of ether oxygens (including phenoxy) is 3. The van der Waals surface area contributed by atoms with Gasteiger partial charge in [0.25, 0.3) is 5.56 Å². The first-order chi connectivity index (χ1) is 31.5. The molecule has 6 rings (SSSR count). The van der Waals surface area contributed by atoms with Gasteiger partial charge in [-0.15, -0.1) is 0 Å². The van der Waals surface area contributed by atoms with Crippen LogP contribution in [0.5, 0.6) is 5.75 Å². The van der Waals surface area contributed by atoms with Crippen LogP contribution >= 0.6 is 0 Å². The van der Waals surface area contributed by atoms with Gasteiger partial charge in [0.15, 0.2) is 12.3 Å². The number of hydrogen-bond donors (Lipinski definition) is 6. The zero-order chi connectivity index (χ0) is 47.7. The van der Waals surface area contributed by atoms with E-state index in [0.717, 1.165) is 11.1 Å². The van der Waals surface area contributed by atoms with Gasteiger partial charge in [0.1, 0.15) is 24.2 Å². The average molecular weight is 910 g/mol. The zero-order valence-electron chi connectivity index (χ0n) is 36.9. The van der Waals surface area contributed by atoms with Crippen molar-refractivity contribution in [2.24, 2.45) is 5.92 Å².